The molecule has 0 bridgehead atoms. The Morgan fingerprint density at radius 3 is 2.20 bits per heavy atom. The van der Waals surface area contributed by atoms with Crippen molar-refractivity contribution in [3.63, 3.8) is 0 Å². The van der Waals surface area contributed by atoms with E-state index in [0.717, 1.165) is 12.1 Å². The molecule has 0 amide bonds. The first-order valence-corrected chi connectivity index (χ1v) is 4.17. The Labute approximate surface area is 84.9 Å². The second-order valence-electron chi connectivity index (χ2n) is 2.91. The molecule has 0 aliphatic heterocycles. The molecule has 0 heterocycles. The predicted octanol–water partition coefficient (Wildman–Crippen LogP) is 3.00. The van der Waals surface area contributed by atoms with Crippen LogP contribution in [-0.4, -0.2) is 6.10 Å². The minimum atomic E-state index is -4.35. The van der Waals surface area contributed by atoms with Crippen molar-refractivity contribution >= 4 is 0 Å². The first kappa shape index (κ1) is 11.4. The van der Waals surface area contributed by atoms with Crippen LogP contribution in [-0.2, 0) is 6.18 Å². The van der Waals surface area contributed by atoms with Crippen molar-refractivity contribution in [1.82, 2.24) is 0 Å². The third-order valence-electron chi connectivity index (χ3n) is 1.68. The lowest BCUT2D eigenvalue weighted by molar-refractivity contribution is -0.137. The van der Waals surface area contributed by atoms with E-state index in [1.54, 1.807) is 0 Å². The van der Waals surface area contributed by atoms with Gasteiger partial charge in [0, 0.05) is 0 Å². The summed E-state index contributed by atoms with van der Waals surface area (Å²) >= 11 is 0. The van der Waals surface area contributed by atoms with E-state index in [0.29, 0.717) is 0 Å². The predicted molar refractivity (Wildman–Crippen MR) is 47.1 cm³/mol. The molecule has 0 aliphatic rings. The van der Waals surface area contributed by atoms with E-state index in [9.17, 15) is 13.2 Å². The molecule has 1 unspecified atom stereocenters. The molecular formula is C10H8F3NO. The number of nitriles is 1. The fraction of sp³-hybridized carbons (Fsp3) is 0.300. The van der Waals surface area contributed by atoms with Gasteiger partial charge in [-0.05, 0) is 31.2 Å². The third-order valence-corrected chi connectivity index (χ3v) is 1.68. The quantitative estimate of drug-likeness (QED) is 0.759. The standard InChI is InChI=1S/C10H8F3NO/c1-7(6-14)15-9-4-2-8(3-5-9)10(11,12)13/h2-5,7H,1H3. The number of halogens is 3. The fourth-order valence-electron chi connectivity index (χ4n) is 0.953. The number of benzene rings is 1. The second-order valence-corrected chi connectivity index (χ2v) is 2.91. The Morgan fingerprint density at radius 2 is 1.80 bits per heavy atom. The molecule has 0 aromatic heterocycles. The molecule has 2 nitrogen and oxygen atoms in total. The van der Waals surface area contributed by atoms with E-state index in [4.69, 9.17) is 10.00 Å². The first-order valence-electron chi connectivity index (χ1n) is 4.17. The smallest absolute Gasteiger partial charge is 0.416 e. The molecule has 0 spiro atoms. The van der Waals surface area contributed by atoms with Crippen LogP contribution in [0.5, 0.6) is 5.75 Å². The normalized spacial score (nSPS) is 13.0. The summed E-state index contributed by atoms with van der Waals surface area (Å²) in [4.78, 5) is 0. The lowest BCUT2D eigenvalue weighted by Gasteiger charge is -2.09. The van der Waals surface area contributed by atoms with E-state index in [1.807, 2.05) is 6.07 Å². The van der Waals surface area contributed by atoms with E-state index in [1.165, 1.54) is 19.1 Å². The summed E-state index contributed by atoms with van der Waals surface area (Å²) in [7, 11) is 0. The molecule has 1 atom stereocenters. The zero-order chi connectivity index (χ0) is 11.5. The zero-order valence-electron chi connectivity index (χ0n) is 7.88. The van der Waals surface area contributed by atoms with Crippen molar-refractivity contribution < 1.29 is 17.9 Å². The molecular weight excluding hydrogens is 207 g/mol. The highest BCUT2D eigenvalue weighted by molar-refractivity contribution is 5.29. The van der Waals surface area contributed by atoms with Gasteiger partial charge in [-0.3, -0.25) is 0 Å². The van der Waals surface area contributed by atoms with Crippen molar-refractivity contribution in [2.75, 3.05) is 0 Å². The summed E-state index contributed by atoms with van der Waals surface area (Å²) in [6.07, 6.45) is -5.03. The summed E-state index contributed by atoms with van der Waals surface area (Å²) < 4.78 is 41.5. The monoisotopic (exact) mass is 215 g/mol. The highest BCUT2D eigenvalue weighted by Crippen LogP contribution is 2.30. The summed E-state index contributed by atoms with van der Waals surface area (Å²) in [5.74, 6) is 0.247. The third kappa shape index (κ3) is 3.17. The summed E-state index contributed by atoms with van der Waals surface area (Å²) in [5.41, 5.74) is -0.737. The SMILES string of the molecule is CC(C#N)Oc1ccc(C(F)(F)F)cc1. The van der Waals surface area contributed by atoms with Crippen molar-refractivity contribution in [2.24, 2.45) is 0 Å². The highest BCUT2D eigenvalue weighted by Gasteiger charge is 2.30. The van der Waals surface area contributed by atoms with Crippen LogP contribution < -0.4 is 4.74 Å². The van der Waals surface area contributed by atoms with Gasteiger partial charge in [-0.1, -0.05) is 0 Å². The lowest BCUT2D eigenvalue weighted by Crippen LogP contribution is -2.09. The Balaban J connectivity index is 2.78. The Kier molecular flexibility index (Phi) is 3.20. The second kappa shape index (κ2) is 4.22. The van der Waals surface area contributed by atoms with Crippen LogP contribution in [0.4, 0.5) is 13.2 Å². The number of alkyl halides is 3. The van der Waals surface area contributed by atoms with E-state index in [2.05, 4.69) is 0 Å². The zero-order valence-corrected chi connectivity index (χ0v) is 7.88. The minimum Gasteiger partial charge on any atom is -0.476 e. The van der Waals surface area contributed by atoms with Crippen LogP contribution in [0.1, 0.15) is 12.5 Å². The number of rotatable bonds is 2. The molecule has 1 aromatic carbocycles. The van der Waals surface area contributed by atoms with Crippen LogP contribution in [0.15, 0.2) is 24.3 Å². The largest absolute Gasteiger partial charge is 0.476 e. The number of nitrogens with zero attached hydrogens (tertiary/aromatic N) is 1. The van der Waals surface area contributed by atoms with Crippen molar-refractivity contribution in [2.45, 2.75) is 19.2 Å². The maximum Gasteiger partial charge on any atom is 0.416 e. The summed E-state index contributed by atoms with van der Waals surface area (Å²) in [6, 6.07) is 6.03. The summed E-state index contributed by atoms with van der Waals surface area (Å²) in [6.45, 7) is 1.51. The van der Waals surface area contributed by atoms with Gasteiger partial charge in [-0.2, -0.15) is 18.4 Å². The molecule has 5 heteroatoms. The van der Waals surface area contributed by atoms with Crippen molar-refractivity contribution in [1.29, 1.82) is 5.26 Å². The maximum atomic E-state index is 12.2. The highest BCUT2D eigenvalue weighted by atomic mass is 19.4. The number of ether oxygens (including phenoxy) is 1. The van der Waals surface area contributed by atoms with Crippen LogP contribution in [0.25, 0.3) is 0 Å². The molecule has 1 rings (SSSR count). The van der Waals surface area contributed by atoms with Crippen LogP contribution in [0, 0.1) is 11.3 Å². The Morgan fingerprint density at radius 1 is 1.27 bits per heavy atom. The van der Waals surface area contributed by atoms with E-state index in [-0.39, 0.29) is 5.75 Å². The number of hydrogen-bond acceptors (Lipinski definition) is 2. The molecule has 15 heavy (non-hydrogen) atoms. The van der Waals surface area contributed by atoms with Gasteiger partial charge < -0.3 is 4.74 Å². The molecule has 0 saturated heterocycles. The molecule has 0 saturated carbocycles. The van der Waals surface area contributed by atoms with Gasteiger partial charge in [0.15, 0.2) is 6.10 Å². The molecule has 80 valence electrons. The topological polar surface area (TPSA) is 33.0 Å². The Hall–Kier alpha value is -1.70. The van der Waals surface area contributed by atoms with Gasteiger partial charge in [-0.15, -0.1) is 0 Å². The van der Waals surface area contributed by atoms with Crippen LogP contribution >= 0.6 is 0 Å². The van der Waals surface area contributed by atoms with Gasteiger partial charge >= 0.3 is 6.18 Å². The molecule has 0 N–H and O–H groups in total. The number of hydrogen-bond donors (Lipinski definition) is 0. The molecule has 0 fully saturated rings. The van der Waals surface area contributed by atoms with Crippen LogP contribution in [0.2, 0.25) is 0 Å². The van der Waals surface area contributed by atoms with Crippen molar-refractivity contribution in [3.8, 4) is 11.8 Å². The Bertz CT molecular complexity index is 364. The maximum absolute atomic E-state index is 12.2. The van der Waals surface area contributed by atoms with E-state index < -0.39 is 17.8 Å². The fourth-order valence-corrected chi connectivity index (χ4v) is 0.953. The molecule has 0 aliphatic carbocycles. The summed E-state index contributed by atoms with van der Waals surface area (Å²) in [5, 5.41) is 8.42. The van der Waals surface area contributed by atoms with Crippen molar-refractivity contribution in [3.05, 3.63) is 29.8 Å². The molecule has 1 aromatic rings. The van der Waals surface area contributed by atoms with Gasteiger partial charge in [0.1, 0.15) is 11.8 Å². The lowest BCUT2D eigenvalue weighted by atomic mass is 10.2. The van der Waals surface area contributed by atoms with Gasteiger partial charge in [-0.25, -0.2) is 0 Å². The van der Waals surface area contributed by atoms with Gasteiger partial charge in [0.05, 0.1) is 5.56 Å². The first-order chi connectivity index (χ1) is 6.93. The average molecular weight is 215 g/mol. The van der Waals surface area contributed by atoms with Gasteiger partial charge in [0.25, 0.3) is 0 Å². The van der Waals surface area contributed by atoms with Crippen LogP contribution in [0.3, 0.4) is 0 Å². The minimum absolute atomic E-state index is 0.247. The van der Waals surface area contributed by atoms with E-state index >= 15 is 0 Å². The average Bonchev–Trinajstić information content (AvgIpc) is 2.17. The van der Waals surface area contributed by atoms with Gasteiger partial charge in [0.2, 0.25) is 0 Å². The molecule has 0 radical (unpaired) electrons.